The van der Waals surface area contributed by atoms with Crippen LogP contribution in [0.3, 0.4) is 0 Å². The Morgan fingerprint density at radius 2 is 1.78 bits per heavy atom. The number of hydrogen-bond donors (Lipinski definition) is 0. The highest BCUT2D eigenvalue weighted by Gasteiger charge is 2.27. The van der Waals surface area contributed by atoms with E-state index in [4.69, 9.17) is 27.9 Å². The van der Waals surface area contributed by atoms with E-state index in [1.807, 2.05) is 43.3 Å². The minimum Gasteiger partial charge on any atom is -0.448 e. The highest BCUT2D eigenvalue weighted by atomic mass is 35.5. The Bertz CT molecular complexity index is 1290. The highest BCUT2D eigenvalue weighted by Crippen LogP contribution is 2.23. The van der Waals surface area contributed by atoms with Gasteiger partial charge in [0, 0.05) is 10.6 Å². The molecule has 0 aliphatic heterocycles. The van der Waals surface area contributed by atoms with Crippen LogP contribution < -0.4 is 0 Å². The van der Waals surface area contributed by atoms with Gasteiger partial charge in [-0.15, -0.1) is 5.10 Å². The molecule has 0 aliphatic carbocycles. The lowest BCUT2D eigenvalue weighted by Crippen LogP contribution is -2.32. The molecule has 4 aromatic rings. The minimum absolute atomic E-state index is 0.00578. The van der Waals surface area contributed by atoms with Crippen molar-refractivity contribution >= 4 is 46.0 Å². The van der Waals surface area contributed by atoms with E-state index in [9.17, 15) is 9.59 Å². The zero-order chi connectivity index (χ0) is 22.7. The standard InChI is InChI=1S/C24H19Cl2N3O3/c1-2-15-7-9-16(10-8-15)23(30)22(14-29-21-6-4-3-5-20(21)27-28-29)32-24(31)18-12-11-17(25)13-19(18)26/h3-13,22H,2,14H2,1H3/t22-/m1/s1. The van der Waals surface area contributed by atoms with E-state index in [1.165, 1.54) is 18.2 Å². The van der Waals surface area contributed by atoms with Gasteiger partial charge in [-0.25, -0.2) is 9.48 Å². The molecular weight excluding hydrogens is 449 g/mol. The first-order chi connectivity index (χ1) is 15.5. The fraction of sp³-hybridized carbons (Fsp3) is 0.167. The molecule has 0 fully saturated rings. The average molecular weight is 468 g/mol. The molecule has 8 heteroatoms. The third-order valence-electron chi connectivity index (χ3n) is 5.10. The van der Waals surface area contributed by atoms with E-state index in [0.717, 1.165) is 17.5 Å². The van der Waals surface area contributed by atoms with Gasteiger partial charge in [-0.05, 0) is 42.3 Å². The van der Waals surface area contributed by atoms with Crippen LogP contribution in [0.4, 0.5) is 0 Å². The maximum absolute atomic E-state index is 13.3. The van der Waals surface area contributed by atoms with E-state index in [1.54, 1.807) is 16.8 Å². The molecule has 0 amide bonds. The van der Waals surface area contributed by atoms with Crippen LogP contribution in [0, 0.1) is 0 Å². The van der Waals surface area contributed by atoms with Crippen molar-refractivity contribution < 1.29 is 14.3 Å². The molecule has 3 aromatic carbocycles. The van der Waals surface area contributed by atoms with E-state index in [-0.39, 0.29) is 22.9 Å². The molecule has 0 saturated heterocycles. The number of aryl methyl sites for hydroxylation is 1. The first-order valence-corrected chi connectivity index (χ1v) is 10.8. The van der Waals surface area contributed by atoms with Gasteiger partial charge in [-0.3, -0.25) is 4.79 Å². The van der Waals surface area contributed by atoms with Crippen LogP contribution in [0.2, 0.25) is 10.0 Å². The molecule has 0 spiro atoms. The number of Topliss-reactive ketones (excluding diaryl/α,β-unsaturated/α-hetero) is 1. The number of ether oxygens (including phenoxy) is 1. The Hall–Kier alpha value is -3.22. The Morgan fingerprint density at radius 3 is 2.50 bits per heavy atom. The van der Waals surface area contributed by atoms with E-state index in [0.29, 0.717) is 16.1 Å². The second-order valence-electron chi connectivity index (χ2n) is 7.19. The van der Waals surface area contributed by atoms with Crippen molar-refractivity contribution in [3.63, 3.8) is 0 Å². The third kappa shape index (κ3) is 4.66. The predicted octanol–water partition coefficient (Wildman–Crippen LogP) is 5.41. The topological polar surface area (TPSA) is 74.1 Å². The summed E-state index contributed by atoms with van der Waals surface area (Å²) in [5.41, 5.74) is 3.07. The summed E-state index contributed by atoms with van der Waals surface area (Å²) in [7, 11) is 0. The summed E-state index contributed by atoms with van der Waals surface area (Å²) < 4.78 is 7.20. The van der Waals surface area contributed by atoms with E-state index >= 15 is 0 Å². The molecule has 0 unspecified atom stereocenters. The van der Waals surface area contributed by atoms with Gasteiger partial charge in [0.15, 0.2) is 6.10 Å². The number of carbonyl (C=O) groups excluding carboxylic acids is 2. The Balaban J connectivity index is 1.66. The SMILES string of the molecule is CCc1ccc(C(=O)[C@@H](Cn2nnc3ccccc32)OC(=O)c2ccc(Cl)cc2Cl)cc1. The van der Waals surface area contributed by atoms with Crippen molar-refractivity contribution in [1.29, 1.82) is 0 Å². The smallest absolute Gasteiger partial charge is 0.340 e. The maximum Gasteiger partial charge on any atom is 0.340 e. The minimum atomic E-state index is -1.13. The lowest BCUT2D eigenvalue weighted by Gasteiger charge is -2.18. The number of ketones is 1. The van der Waals surface area contributed by atoms with Crippen LogP contribution in [0.15, 0.2) is 66.7 Å². The zero-order valence-corrected chi connectivity index (χ0v) is 18.7. The van der Waals surface area contributed by atoms with Crippen LogP contribution >= 0.6 is 23.2 Å². The number of fused-ring (bicyclic) bond motifs is 1. The number of aromatic nitrogens is 3. The number of rotatable bonds is 7. The zero-order valence-electron chi connectivity index (χ0n) is 17.2. The van der Waals surface area contributed by atoms with Crippen LogP contribution in [-0.4, -0.2) is 32.9 Å². The molecule has 6 nitrogen and oxygen atoms in total. The molecule has 1 aromatic heterocycles. The van der Waals surface area contributed by atoms with Gasteiger partial charge in [0.05, 0.1) is 22.6 Å². The van der Waals surface area contributed by atoms with Gasteiger partial charge in [-0.1, -0.05) is 71.7 Å². The summed E-state index contributed by atoms with van der Waals surface area (Å²) >= 11 is 12.1. The summed E-state index contributed by atoms with van der Waals surface area (Å²) in [6.07, 6.45) is -0.279. The molecule has 0 aliphatic rings. The second kappa shape index (κ2) is 9.51. The fourth-order valence-electron chi connectivity index (χ4n) is 3.32. The normalized spacial score (nSPS) is 12.0. The van der Waals surface area contributed by atoms with Crippen molar-refractivity contribution in [2.75, 3.05) is 0 Å². The summed E-state index contributed by atoms with van der Waals surface area (Å²) in [5.74, 6) is -1.06. The van der Waals surface area contributed by atoms with Gasteiger partial charge in [-0.2, -0.15) is 0 Å². The van der Waals surface area contributed by atoms with Gasteiger partial charge < -0.3 is 4.74 Å². The largest absolute Gasteiger partial charge is 0.448 e. The molecule has 4 rings (SSSR count). The number of benzene rings is 3. The number of para-hydroxylation sites is 1. The lowest BCUT2D eigenvalue weighted by atomic mass is 10.0. The van der Waals surface area contributed by atoms with Gasteiger partial charge in [0.2, 0.25) is 5.78 Å². The number of nitrogens with zero attached hydrogens (tertiary/aromatic N) is 3. The number of esters is 1. The average Bonchev–Trinajstić information content (AvgIpc) is 3.21. The Labute approximate surface area is 194 Å². The summed E-state index contributed by atoms with van der Waals surface area (Å²) in [6, 6.07) is 19.0. The summed E-state index contributed by atoms with van der Waals surface area (Å²) in [4.78, 5) is 26.2. The van der Waals surface area contributed by atoms with Crippen molar-refractivity contribution in [1.82, 2.24) is 15.0 Å². The molecule has 0 bridgehead atoms. The third-order valence-corrected chi connectivity index (χ3v) is 5.65. The monoisotopic (exact) mass is 467 g/mol. The molecule has 1 heterocycles. The Morgan fingerprint density at radius 1 is 1.03 bits per heavy atom. The molecule has 0 saturated carbocycles. The van der Waals surface area contributed by atoms with Crippen LogP contribution in [0.1, 0.15) is 33.2 Å². The highest BCUT2D eigenvalue weighted by molar-refractivity contribution is 6.36. The van der Waals surface area contributed by atoms with E-state index < -0.39 is 12.1 Å². The molecule has 1 atom stereocenters. The van der Waals surface area contributed by atoms with Crippen molar-refractivity contribution in [2.45, 2.75) is 26.0 Å². The number of hydrogen-bond acceptors (Lipinski definition) is 5. The molecular formula is C24H19Cl2N3O3. The lowest BCUT2D eigenvalue weighted by molar-refractivity contribution is 0.0245. The summed E-state index contributed by atoms with van der Waals surface area (Å²) in [6.45, 7) is 2.04. The van der Waals surface area contributed by atoms with Gasteiger partial charge in [0.1, 0.15) is 5.52 Å². The van der Waals surface area contributed by atoms with Gasteiger partial charge in [0.25, 0.3) is 0 Å². The molecule has 0 N–H and O–H groups in total. The first kappa shape index (κ1) is 22.0. The molecule has 0 radical (unpaired) electrons. The quantitative estimate of drug-likeness (QED) is 0.268. The first-order valence-electron chi connectivity index (χ1n) is 10.0. The van der Waals surface area contributed by atoms with Crippen LogP contribution in [-0.2, 0) is 17.7 Å². The number of halogens is 2. The fourth-order valence-corrected chi connectivity index (χ4v) is 3.81. The van der Waals surface area contributed by atoms with Crippen molar-refractivity contribution in [3.05, 3.63) is 93.5 Å². The van der Waals surface area contributed by atoms with E-state index in [2.05, 4.69) is 10.3 Å². The molecule has 32 heavy (non-hydrogen) atoms. The van der Waals surface area contributed by atoms with Crippen molar-refractivity contribution in [3.8, 4) is 0 Å². The maximum atomic E-state index is 13.3. The van der Waals surface area contributed by atoms with Crippen molar-refractivity contribution in [2.24, 2.45) is 0 Å². The van der Waals surface area contributed by atoms with Crippen LogP contribution in [0.25, 0.3) is 11.0 Å². The van der Waals surface area contributed by atoms with Gasteiger partial charge >= 0.3 is 5.97 Å². The predicted molar refractivity (Wildman–Crippen MR) is 123 cm³/mol. The Kier molecular flexibility index (Phi) is 6.53. The molecule has 162 valence electrons. The summed E-state index contributed by atoms with van der Waals surface area (Å²) in [5, 5.41) is 8.78. The number of carbonyl (C=O) groups is 2. The second-order valence-corrected chi connectivity index (χ2v) is 8.04. The van der Waals surface area contributed by atoms with Crippen LogP contribution in [0.5, 0.6) is 0 Å².